The van der Waals surface area contributed by atoms with E-state index in [0.29, 0.717) is 23.8 Å². The average Bonchev–Trinajstić information content (AvgIpc) is 3.40. The fourth-order valence-electron chi connectivity index (χ4n) is 2.68. The number of nitrogens with one attached hydrogen (secondary N) is 2. The lowest BCUT2D eigenvalue weighted by Crippen LogP contribution is -2.12. The summed E-state index contributed by atoms with van der Waals surface area (Å²) in [6.45, 7) is 2.36. The second-order valence-corrected chi connectivity index (χ2v) is 7.14. The van der Waals surface area contributed by atoms with Crippen molar-refractivity contribution in [3.8, 4) is 10.7 Å². The number of hydrogen-bond donors (Lipinski definition) is 2. The fraction of sp³-hybridized carbons (Fsp3) is 0.0952. The predicted molar refractivity (Wildman–Crippen MR) is 111 cm³/mol. The SMILES string of the molecule is Cc1ccc(C(=O)Nc2ccccc2)cc1NCc1nc(-c2cccs2)no1. The molecule has 0 saturated heterocycles. The molecule has 0 saturated carbocycles. The molecule has 2 aromatic carbocycles. The highest BCUT2D eigenvalue weighted by molar-refractivity contribution is 7.13. The number of aromatic nitrogens is 2. The minimum atomic E-state index is -0.160. The molecule has 0 unspecified atom stereocenters. The minimum Gasteiger partial charge on any atom is -0.376 e. The van der Waals surface area contributed by atoms with E-state index >= 15 is 0 Å². The lowest BCUT2D eigenvalue weighted by Gasteiger charge is -2.10. The highest BCUT2D eigenvalue weighted by atomic mass is 32.1. The standard InChI is InChI=1S/C21H18N4O2S/c1-14-9-10-15(21(26)23-16-6-3-2-4-7-16)12-17(14)22-13-19-24-20(25-27-19)18-8-5-11-28-18/h2-12,22H,13H2,1H3,(H,23,26). The van der Waals surface area contributed by atoms with Crippen LogP contribution in [0.1, 0.15) is 21.8 Å². The second-order valence-electron chi connectivity index (χ2n) is 6.19. The number of nitrogens with zero attached hydrogens (tertiary/aromatic N) is 2. The molecule has 2 N–H and O–H groups in total. The number of carbonyl (C=O) groups excluding carboxylic acids is 1. The summed E-state index contributed by atoms with van der Waals surface area (Å²) >= 11 is 1.56. The van der Waals surface area contributed by atoms with Gasteiger partial charge in [-0.05, 0) is 48.2 Å². The van der Waals surface area contributed by atoms with E-state index in [1.54, 1.807) is 17.4 Å². The minimum absolute atomic E-state index is 0.160. The van der Waals surface area contributed by atoms with Gasteiger partial charge >= 0.3 is 0 Å². The zero-order valence-electron chi connectivity index (χ0n) is 15.2. The Morgan fingerprint density at radius 1 is 1.11 bits per heavy atom. The molecule has 4 rings (SSSR count). The third kappa shape index (κ3) is 4.10. The zero-order valence-corrected chi connectivity index (χ0v) is 16.0. The summed E-state index contributed by atoms with van der Waals surface area (Å²) in [4.78, 5) is 17.9. The molecule has 0 spiro atoms. The van der Waals surface area contributed by atoms with Gasteiger partial charge in [-0.2, -0.15) is 4.98 Å². The van der Waals surface area contributed by atoms with E-state index in [-0.39, 0.29) is 5.91 Å². The first kappa shape index (κ1) is 17.9. The Morgan fingerprint density at radius 3 is 2.75 bits per heavy atom. The summed E-state index contributed by atoms with van der Waals surface area (Å²) in [5, 5.41) is 12.1. The normalized spacial score (nSPS) is 10.6. The molecule has 4 aromatic rings. The van der Waals surface area contributed by atoms with Crippen LogP contribution in [0.2, 0.25) is 0 Å². The van der Waals surface area contributed by atoms with Crippen LogP contribution in [0.15, 0.2) is 70.6 Å². The van der Waals surface area contributed by atoms with Gasteiger partial charge in [-0.25, -0.2) is 0 Å². The molecule has 2 heterocycles. The summed E-state index contributed by atoms with van der Waals surface area (Å²) in [6, 6.07) is 18.8. The lowest BCUT2D eigenvalue weighted by molar-refractivity contribution is 0.102. The Hall–Kier alpha value is -3.45. The maximum Gasteiger partial charge on any atom is 0.255 e. The molecule has 7 heteroatoms. The summed E-state index contributed by atoms with van der Waals surface area (Å²) in [5.74, 6) is 0.911. The van der Waals surface area contributed by atoms with Gasteiger partial charge in [0.1, 0.15) is 0 Å². The number of thiophene rings is 1. The number of rotatable bonds is 6. The van der Waals surface area contributed by atoms with E-state index in [1.807, 2.05) is 66.9 Å². The molecule has 0 radical (unpaired) electrons. The highest BCUT2D eigenvalue weighted by Gasteiger charge is 2.11. The third-order valence-electron chi connectivity index (χ3n) is 4.17. The molecular weight excluding hydrogens is 372 g/mol. The second kappa shape index (κ2) is 8.06. The van der Waals surface area contributed by atoms with Gasteiger partial charge in [0, 0.05) is 16.9 Å². The van der Waals surface area contributed by atoms with Crippen LogP contribution >= 0.6 is 11.3 Å². The smallest absolute Gasteiger partial charge is 0.255 e. The van der Waals surface area contributed by atoms with Crippen molar-refractivity contribution in [2.75, 3.05) is 10.6 Å². The summed E-state index contributed by atoms with van der Waals surface area (Å²) in [6.07, 6.45) is 0. The number of para-hydroxylation sites is 1. The van der Waals surface area contributed by atoms with Crippen LogP contribution in [0.3, 0.4) is 0 Å². The van der Waals surface area contributed by atoms with E-state index in [1.165, 1.54) is 0 Å². The monoisotopic (exact) mass is 390 g/mol. The van der Waals surface area contributed by atoms with Gasteiger partial charge in [0.25, 0.3) is 5.91 Å². The number of benzene rings is 2. The van der Waals surface area contributed by atoms with Crippen LogP contribution in [0.4, 0.5) is 11.4 Å². The van der Waals surface area contributed by atoms with E-state index < -0.39 is 0 Å². The molecule has 0 aliphatic carbocycles. The molecule has 1 amide bonds. The van der Waals surface area contributed by atoms with Crippen LogP contribution in [-0.4, -0.2) is 16.0 Å². The van der Waals surface area contributed by atoms with Crippen molar-refractivity contribution in [2.45, 2.75) is 13.5 Å². The summed E-state index contributed by atoms with van der Waals surface area (Å²) < 4.78 is 5.31. The number of anilines is 2. The molecule has 28 heavy (non-hydrogen) atoms. The van der Waals surface area contributed by atoms with Crippen LogP contribution in [0.5, 0.6) is 0 Å². The van der Waals surface area contributed by atoms with Gasteiger partial charge in [0.15, 0.2) is 0 Å². The Morgan fingerprint density at radius 2 is 1.96 bits per heavy atom. The molecule has 2 aromatic heterocycles. The highest BCUT2D eigenvalue weighted by Crippen LogP contribution is 2.22. The Balaban J connectivity index is 1.45. The van der Waals surface area contributed by atoms with Crippen molar-refractivity contribution in [1.29, 1.82) is 0 Å². The van der Waals surface area contributed by atoms with Crippen molar-refractivity contribution < 1.29 is 9.32 Å². The first-order valence-electron chi connectivity index (χ1n) is 8.76. The van der Waals surface area contributed by atoms with Crippen LogP contribution in [0, 0.1) is 6.92 Å². The predicted octanol–water partition coefficient (Wildman–Crippen LogP) is 4.97. The summed E-state index contributed by atoms with van der Waals surface area (Å²) in [7, 11) is 0. The van der Waals surface area contributed by atoms with Gasteiger partial charge in [-0.1, -0.05) is 35.5 Å². The Kier molecular flexibility index (Phi) is 5.16. The van der Waals surface area contributed by atoms with Crippen LogP contribution in [0.25, 0.3) is 10.7 Å². The molecule has 140 valence electrons. The van der Waals surface area contributed by atoms with Crippen LogP contribution in [-0.2, 0) is 6.54 Å². The van der Waals surface area contributed by atoms with E-state index in [9.17, 15) is 4.79 Å². The van der Waals surface area contributed by atoms with Gasteiger partial charge in [0.2, 0.25) is 11.7 Å². The maximum absolute atomic E-state index is 12.5. The average molecular weight is 390 g/mol. The summed E-state index contributed by atoms with van der Waals surface area (Å²) in [5.41, 5.74) is 3.20. The van der Waals surface area contributed by atoms with E-state index in [0.717, 1.165) is 21.8 Å². The van der Waals surface area contributed by atoms with Crippen molar-refractivity contribution in [2.24, 2.45) is 0 Å². The molecule has 0 bridgehead atoms. The third-order valence-corrected chi connectivity index (χ3v) is 5.04. The van der Waals surface area contributed by atoms with Crippen molar-refractivity contribution in [3.05, 3.63) is 83.1 Å². The number of amides is 1. The maximum atomic E-state index is 12.5. The lowest BCUT2D eigenvalue weighted by atomic mass is 10.1. The largest absolute Gasteiger partial charge is 0.376 e. The quantitative estimate of drug-likeness (QED) is 0.486. The molecule has 0 aliphatic heterocycles. The Bertz CT molecular complexity index is 1080. The molecular formula is C21H18N4O2S. The molecule has 0 atom stereocenters. The number of hydrogen-bond acceptors (Lipinski definition) is 6. The van der Waals surface area contributed by atoms with E-state index in [2.05, 4.69) is 20.8 Å². The van der Waals surface area contributed by atoms with Crippen LogP contribution < -0.4 is 10.6 Å². The van der Waals surface area contributed by atoms with Gasteiger partial charge in [-0.15, -0.1) is 11.3 Å². The van der Waals surface area contributed by atoms with Crippen molar-refractivity contribution in [1.82, 2.24) is 10.1 Å². The van der Waals surface area contributed by atoms with Gasteiger partial charge in [0.05, 0.1) is 11.4 Å². The first-order valence-corrected chi connectivity index (χ1v) is 9.64. The Labute approximate surface area is 166 Å². The van der Waals surface area contributed by atoms with Gasteiger partial charge in [-0.3, -0.25) is 4.79 Å². The van der Waals surface area contributed by atoms with Crippen molar-refractivity contribution in [3.63, 3.8) is 0 Å². The number of carbonyl (C=O) groups is 1. The topological polar surface area (TPSA) is 80.0 Å². The van der Waals surface area contributed by atoms with E-state index in [4.69, 9.17) is 4.52 Å². The fourth-order valence-corrected chi connectivity index (χ4v) is 3.33. The van der Waals surface area contributed by atoms with Gasteiger partial charge < -0.3 is 15.2 Å². The number of aryl methyl sites for hydroxylation is 1. The molecule has 0 aliphatic rings. The molecule has 6 nitrogen and oxygen atoms in total. The first-order chi connectivity index (χ1) is 13.7. The van der Waals surface area contributed by atoms with Crippen molar-refractivity contribution >= 4 is 28.6 Å². The zero-order chi connectivity index (χ0) is 19.3. The molecule has 0 fully saturated rings.